The Morgan fingerprint density at radius 1 is 1.20 bits per heavy atom. The number of nitrogens with zero attached hydrogens (tertiary/aromatic N) is 1. The van der Waals surface area contributed by atoms with Gasteiger partial charge < -0.3 is 14.7 Å². The average molecular weight is 210 g/mol. The van der Waals surface area contributed by atoms with Crippen LogP contribution in [0.2, 0.25) is 0 Å². The van der Waals surface area contributed by atoms with Crippen LogP contribution in [0.15, 0.2) is 24.3 Å². The van der Waals surface area contributed by atoms with Crippen LogP contribution in [0.4, 0.5) is 0 Å². The van der Waals surface area contributed by atoms with E-state index in [0.29, 0.717) is 4.48 Å². The minimum Gasteiger partial charge on any atom is -0.508 e. The number of hydrogen-bond acceptors (Lipinski definition) is 2. The van der Waals surface area contributed by atoms with Crippen molar-refractivity contribution in [2.45, 2.75) is 19.1 Å². The zero-order chi connectivity index (χ0) is 11.6. The summed E-state index contributed by atoms with van der Waals surface area (Å²) in [5, 5.41) is 19.5. The first-order valence-electron chi connectivity index (χ1n) is 5.10. The molecule has 0 aliphatic rings. The molecule has 0 fully saturated rings. The quantitative estimate of drug-likeness (QED) is 0.743. The van der Waals surface area contributed by atoms with Gasteiger partial charge in [0.05, 0.1) is 21.1 Å². The van der Waals surface area contributed by atoms with Crippen LogP contribution in [0, 0.1) is 0 Å². The molecule has 3 nitrogen and oxygen atoms in total. The van der Waals surface area contributed by atoms with E-state index in [1.54, 1.807) is 18.2 Å². The average Bonchev–Trinajstić information content (AvgIpc) is 2.14. The number of benzene rings is 1. The zero-order valence-electron chi connectivity index (χ0n) is 9.81. The van der Waals surface area contributed by atoms with Gasteiger partial charge in [-0.05, 0) is 24.6 Å². The molecule has 1 aromatic rings. The van der Waals surface area contributed by atoms with E-state index in [9.17, 15) is 10.2 Å². The Hall–Kier alpha value is -1.06. The van der Waals surface area contributed by atoms with Gasteiger partial charge in [-0.2, -0.15) is 0 Å². The highest BCUT2D eigenvalue weighted by molar-refractivity contribution is 5.28. The van der Waals surface area contributed by atoms with Gasteiger partial charge in [0.1, 0.15) is 17.9 Å². The minimum absolute atomic E-state index is 0.0757. The van der Waals surface area contributed by atoms with Crippen molar-refractivity contribution in [1.29, 1.82) is 0 Å². The molecule has 15 heavy (non-hydrogen) atoms. The van der Waals surface area contributed by atoms with Crippen LogP contribution in [0.5, 0.6) is 5.75 Å². The standard InChI is InChI=1S/C12H19NO2/c1-9(13(2,3)4)12(15)10-6-5-7-11(14)8-10/h5-9,12,15H,1-4H3/p+1/t9-,12-/m0/s1. The maximum Gasteiger partial charge on any atom is 0.131 e. The van der Waals surface area contributed by atoms with Crippen molar-refractivity contribution < 1.29 is 14.7 Å². The van der Waals surface area contributed by atoms with E-state index < -0.39 is 6.10 Å². The van der Waals surface area contributed by atoms with Crippen LogP contribution < -0.4 is 0 Å². The van der Waals surface area contributed by atoms with E-state index >= 15 is 0 Å². The predicted molar refractivity (Wildman–Crippen MR) is 60.6 cm³/mol. The number of rotatable bonds is 3. The van der Waals surface area contributed by atoms with Crippen LogP contribution in [-0.4, -0.2) is 41.9 Å². The summed E-state index contributed by atoms with van der Waals surface area (Å²) < 4.78 is 0.677. The third kappa shape index (κ3) is 2.94. The largest absolute Gasteiger partial charge is 0.508 e. The summed E-state index contributed by atoms with van der Waals surface area (Å²) in [6.07, 6.45) is -0.558. The lowest BCUT2D eigenvalue weighted by molar-refractivity contribution is -0.898. The highest BCUT2D eigenvalue weighted by Crippen LogP contribution is 2.24. The molecule has 0 aliphatic heterocycles. The number of phenolic OH excluding ortho intramolecular Hbond substituents is 1. The Balaban J connectivity index is 2.90. The Bertz CT molecular complexity index is 331. The van der Waals surface area contributed by atoms with E-state index in [4.69, 9.17) is 0 Å². The van der Waals surface area contributed by atoms with Crippen molar-refractivity contribution in [3.8, 4) is 5.75 Å². The molecule has 1 aromatic carbocycles. The summed E-state index contributed by atoms with van der Waals surface area (Å²) in [5.74, 6) is 0.195. The molecule has 2 N–H and O–H groups in total. The molecule has 0 aliphatic carbocycles. The summed E-state index contributed by atoms with van der Waals surface area (Å²) in [6, 6.07) is 6.86. The number of likely N-dealkylation sites (N-methyl/N-ethyl adjacent to an activating group) is 1. The molecule has 0 heterocycles. The van der Waals surface area contributed by atoms with E-state index in [1.165, 1.54) is 0 Å². The fourth-order valence-electron chi connectivity index (χ4n) is 1.41. The monoisotopic (exact) mass is 210 g/mol. The Labute approximate surface area is 91.2 Å². The lowest BCUT2D eigenvalue weighted by Crippen LogP contribution is -2.46. The Morgan fingerprint density at radius 3 is 2.27 bits per heavy atom. The van der Waals surface area contributed by atoms with E-state index in [1.807, 2.05) is 34.1 Å². The van der Waals surface area contributed by atoms with Crippen LogP contribution in [0.1, 0.15) is 18.6 Å². The van der Waals surface area contributed by atoms with Crippen LogP contribution >= 0.6 is 0 Å². The SMILES string of the molecule is C[C@@H]([C@H](O)c1cccc(O)c1)[N+](C)(C)C. The van der Waals surface area contributed by atoms with Gasteiger partial charge in [-0.25, -0.2) is 0 Å². The molecule has 2 atom stereocenters. The fraction of sp³-hybridized carbons (Fsp3) is 0.500. The third-order valence-corrected chi connectivity index (χ3v) is 2.89. The molecule has 3 heteroatoms. The van der Waals surface area contributed by atoms with Crippen molar-refractivity contribution in [2.24, 2.45) is 0 Å². The van der Waals surface area contributed by atoms with E-state index in [2.05, 4.69) is 0 Å². The summed E-state index contributed by atoms with van der Waals surface area (Å²) in [4.78, 5) is 0. The van der Waals surface area contributed by atoms with Crippen LogP contribution in [-0.2, 0) is 0 Å². The molecular weight excluding hydrogens is 190 g/mol. The third-order valence-electron chi connectivity index (χ3n) is 2.89. The number of aliphatic hydroxyl groups excluding tert-OH is 1. The Kier molecular flexibility index (Phi) is 3.37. The van der Waals surface area contributed by atoms with Gasteiger partial charge in [0.25, 0.3) is 0 Å². The van der Waals surface area contributed by atoms with Crippen LogP contribution in [0.25, 0.3) is 0 Å². The fourth-order valence-corrected chi connectivity index (χ4v) is 1.41. The topological polar surface area (TPSA) is 40.5 Å². The molecule has 0 aromatic heterocycles. The molecular formula is C12H20NO2+. The highest BCUT2D eigenvalue weighted by atomic mass is 16.3. The second-order valence-corrected chi connectivity index (χ2v) is 4.90. The smallest absolute Gasteiger partial charge is 0.131 e. The maximum absolute atomic E-state index is 10.1. The van der Waals surface area contributed by atoms with Crippen molar-refractivity contribution in [1.82, 2.24) is 0 Å². The summed E-state index contributed by atoms with van der Waals surface area (Å²) in [6.45, 7) is 1.99. The number of hydrogen-bond donors (Lipinski definition) is 2. The van der Waals surface area contributed by atoms with Crippen molar-refractivity contribution in [3.63, 3.8) is 0 Å². The summed E-state index contributed by atoms with van der Waals surface area (Å²) in [5.41, 5.74) is 0.760. The summed E-state index contributed by atoms with van der Waals surface area (Å²) in [7, 11) is 6.12. The number of aliphatic hydroxyl groups is 1. The van der Waals surface area contributed by atoms with Crippen LogP contribution in [0.3, 0.4) is 0 Å². The van der Waals surface area contributed by atoms with Crippen molar-refractivity contribution in [2.75, 3.05) is 21.1 Å². The normalized spacial score (nSPS) is 16.1. The number of quaternary nitrogens is 1. The molecule has 0 saturated carbocycles. The predicted octanol–water partition coefficient (Wildman–Crippen LogP) is 1.52. The van der Waals surface area contributed by atoms with Crippen molar-refractivity contribution in [3.05, 3.63) is 29.8 Å². The van der Waals surface area contributed by atoms with Crippen molar-refractivity contribution >= 4 is 0 Å². The van der Waals surface area contributed by atoms with E-state index in [-0.39, 0.29) is 11.8 Å². The van der Waals surface area contributed by atoms with Gasteiger partial charge in [-0.1, -0.05) is 12.1 Å². The molecule has 0 unspecified atom stereocenters. The molecule has 1 rings (SSSR count). The highest BCUT2D eigenvalue weighted by Gasteiger charge is 2.27. The molecule has 84 valence electrons. The second-order valence-electron chi connectivity index (χ2n) is 4.90. The minimum atomic E-state index is -0.558. The second kappa shape index (κ2) is 4.21. The number of aromatic hydroxyl groups is 1. The van der Waals surface area contributed by atoms with Gasteiger partial charge in [0, 0.05) is 0 Å². The summed E-state index contributed by atoms with van der Waals surface area (Å²) >= 11 is 0. The maximum atomic E-state index is 10.1. The first kappa shape index (κ1) is 12.0. The first-order valence-corrected chi connectivity index (χ1v) is 5.10. The molecule has 0 saturated heterocycles. The van der Waals surface area contributed by atoms with Gasteiger partial charge in [-0.3, -0.25) is 0 Å². The van der Waals surface area contributed by atoms with Gasteiger partial charge in [-0.15, -0.1) is 0 Å². The molecule has 0 radical (unpaired) electrons. The molecule has 0 bridgehead atoms. The zero-order valence-corrected chi connectivity index (χ0v) is 9.81. The lowest BCUT2D eigenvalue weighted by Gasteiger charge is -2.34. The molecule has 0 amide bonds. The van der Waals surface area contributed by atoms with Gasteiger partial charge >= 0.3 is 0 Å². The first-order chi connectivity index (χ1) is 6.82. The number of phenols is 1. The van der Waals surface area contributed by atoms with E-state index in [0.717, 1.165) is 5.56 Å². The molecule has 0 spiro atoms. The van der Waals surface area contributed by atoms with Gasteiger partial charge in [0.2, 0.25) is 0 Å². The van der Waals surface area contributed by atoms with Gasteiger partial charge in [0.15, 0.2) is 0 Å². The lowest BCUT2D eigenvalue weighted by atomic mass is 10.0. The Morgan fingerprint density at radius 2 is 1.80 bits per heavy atom.